The number of carboxylic acids is 1. The van der Waals surface area contributed by atoms with Crippen LogP contribution in [0.2, 0.25) is 0 Å². The summed E-state index contributed by atoms with van der Waals surface area (Å²) in [5, 5.41) is 27.7. The summed E-state index contributed by atoms with van der Waals surface area (Å²) in [6.45, 7) is 3.53. The fourth-order valence-electron chi connectivity index (χ4n) is 3.08. The van der Waals surface area contributed by atoms with E-state index in [1.807, 2.05) is 19.2 Å². The molecule has 0 aromatic carbocycles. The highest BCUT2D eigenvalue weighted by molar-refractivity contribution is 6.01. The van der Waals surface area contributed by atoms with Crippen LogP contribution in [-0.2, 0) is 19.2 Å². The molecule has 2 amide bonds. The van der Waals surface area contributed by atoms with Gasteiger partial charge in [0, 0.05) is 19.5 Å². The van der Waals surface area contributed by atoms with Crippen LogP contribution in [0.15, 0.2) is 17.4 Å². The molecule has 6 N–H and O–H groups in total. The number of nitrogens with zero attached hydrogens (tertiary/aromatic N) is 1. The molecular weight excluding hydrogens is 420 g/mol. The zero-order valence-electron chi connectivity index (χ0n) is 18.4. The van der Waals surface area contributed by atoms with Gasteiger partial charge in [-0.2, -0.15) is 0 Å². The number of carbonyl (C=O) groups is 3. The average Bonchev–Trinajstić information content (AvgIpc) is 3.22. The number of hydrogen-bond acceptors (Lipinski definition) is 9. The Morgan fingerprint density at radius 3 is 2.94 bits per heavy atom. The van der Waals surface area contributed by atoms with Gasteiger partial charge in [0.05, 0.1) is 18.7 Å². The molecule has 0 saturated carbocycles. The van der Waals surface area contributed by atoms with Crippen molar-refractivity contribution in [3.05, 3.63) is 12.3 Å². The highest BCUT2D eigenvalue weighted by atomic mass is 16.6. The van der Waals surface area contributed by atoms with Crippen molar-refractivity contribution >= 4 is 23.7 Å². The molecule has 0 saturated heterocycles. The van der Waals surface area contributed by atoms with E-state index in [2.05, 4.69) is 31.7 Å². The number of oxime groups is 1. The van der Waals surface area contributed by atoms with Gasteiger partial charge in [-0.25, -0.2) is 9.59 Å². The predicted molar refractivity (Wildman–Crippen MR) is 117 cm³/mol. The van der Waals surface area contributed by atoms with Crippen LogP contribution in [-0.4, -0.2) is 73.5 Å². The van der Waals surface area contributed by atoms with Gasteiger partial charge in [-0.1, -0.05) is 24.6 Å². The lowest BCUT2D eigenvalue weighted by molar-refractivity contribution is -0.139. The summed E-state index contributed by atoms with van der Waals surface area (Å²) in [4.78, 5) is 40.5. The third-order valence-electron chi connectivity index (χ3n) is 4.86. The second kappa shape index (κ2) is 14.2. The van der Waals surface area contributed by atoms with Gasteiger partial charge in [0.2, 0.25) is 5.91 Å². The molecule has 3 unspecified atom stereocenters. The van der Waals surface area contributed by atoms with E-state index in [4.69, 9.17) is 9.57 Å². The minimum atomic E-state index is -1.28. The molecule has 0 aromatic heterocycles. The van der Waals surface area contributed by atoms with Gasteiger partial charge in [-0.15, -0.1) is 0 Å². The lowest BCUT2D eigenvalue weighted by atomic mass is 10.1. The normalized spacial score (nSPS) is 20.5. The van der Waals surface area contributed by atoms with E-state index in [-0.39, 0.29) is 37.9 Å². The molecule has 3 atom stereocenters. The molecule has 2 heterocycles. The molecule has 180 valence electrons. The number of ether oxygens (including phenoxy) is 1. The Balaban J connectivity index is 1.59. The van der Waals surface area contributed by atoms with Crippen LogP contribution in [0, 0.1) is 0 Å². The van der Waals surface area contributed by atoms with Gasteiger partial charge in [0.15, 0.2) is 0 Å². The Labute approximate surface area is 187 Å². The summed E-state index contributed by atoms with van der Waals surface area (Å²) >= 11 is 0. The summed E-state index contributed by atoms with van der Waals surface area (Å²) in [7, 11) is 0. The topological polar surface area (TPSA) is 162 Å². The Morgan fingerprint density at radius 2 is 2.22 bits per heavy atom. The molecule has 0 radical (unpaired) electrons. The second-order valence-electron chi connectivity index (χ2n) is 7.60. The molecule has 0 spiro atoms. The smallest absolute Gasteiger partial charge is 0.407 e. The van der Waals surface area contributed by atoms with Crippen molar-refractivity contribution < 1.29 is 29.1 Å². The SMILES string of the molecule is CCCCOC(=O)NC(CNC(=O)CC1=NOC(CCCNC2NC=CCN2)C1)C(=O)O. The molecule has 12 nitrogen and oxygen atoms in total. The van der Waals surface area contributed by atoms with Crippen LogP contribution in [0.3, 0.4) is 0 Å². The van der Waals surface area contributed by atoms with Crippen LogP contribution in [0.1, 0.15) is 45.4 Å². The van der Waals surface area contributed by atoms with Crippen LogP contribution in [0.4, 0.5) is 4.79 Å². The number of amides is 2. The Morgan fingerprint density at radius 1 is 1.38 bits per heavy atom. The third kappa shape index (κ3) is 9.96. The fourth-order valence-corrected chi connectivity index (χ4v) is 3.08. The van der Waals surface area contributed by atoms with Crippen molar-refractivity contribution in [1.82, 2.24) is 26.6 Å². The van der Waals surface area contributed by atoms with Crippen molar-refractivity contribution in [1.29, 1.82) is 0 Å². The lowest BCUT2D eigenvalue weighted by Gasteiger charge is -2.23. The fraction of sp³-hybridized carbons (Fsp3) is 0.700. The monoisotopic (exact) mass is 454 g/mol. The standard InChI is InChI=1S/C20H34N6O6/c1-2-3-10-31-20(30)25-16(18(28)29)13-24-17(27)12-14-11-15(32-26-14)6-4-7-21-19-22-8-5-9-23-19/h5,8,15-16,19,21-23H,2-4,6-7,9-13H2,1H3,(H,24,27)(H,25,30)(H,28,29). The minimum Gasteiger partial charge on any atom is -0.480 e. The summed E-state index contributed by atoms with van der Waals surface area (Å²) in [6, 6.07) is -1.28. The van der Waals surface area contributed by atoms with Gasteiger partial charge in [0.25, 0.3) is 0 Å². The number of nitrogens with one attached hydrogen (secondary N) is 5. The van der Waals surface area contributed by atoms with Crippen molar-refractivity contribution in [3.8, 4) is 0 Å². The third-order valence-corrected chi connectivity index (χ3v) is 4.86. The summed E-state index contributed by atoms with van der Waals surface area (Å²) in [5.74, 6) is -1.65. The number of alkyl carbamates (subject to hydrolysis) is 1. The minimum absolute atomic E-state index is 0.0181. The molecule has 2 aliphatic heterocycles. The molecule has 12 heteroatoms. The quantitative estimate of drug-likeness (QED) is 0.198. The van der Waals surface area contributed by atoms with Crippen LogP contribution < -0.4 is 26.6 Å². The molecule has 32 heavy (non-hydrogen) atoms. The Kier molecular flexibility index (Phi) is 11.3. The zero-order chi connectivity index (χ0) is 23.2. The number of carbonyl (C=O) groups excluding carboxylic acids is 2. The van der Waals surface area contributed by atoms with E-state index in [0.717, 1.165) is 32.4 Å². The van der Waals surface area contributed by atoms with Gasteiger partial charge in [-0.3, -0.25) is 15.4 Å². The van der Waals surface area contributed by atoms with Crippen molar-refractivity contribution in [2.45, 2.75) is 63.9 Å². The van der Waals surface area contributed by atoms with Crippen LogP contribution in [0.5, 0.6) is 0 Å². The van der Waals surface area contributed by atoms with E-state index in [9.17, 15) is 19.5 Å². The molecule has 2 rings (SSSR count). The highest BCUT2D eigenvalue weighted by Gasteiger charge is 2.25. The molecule has 0 fully saturated rings. The number of unbranched alkanes of at least 4 members (excludes halogenated alkanes) is 1. The maximum Gasteiger partial charge on any atom is 0.407 e. The largest absolute Gasteiger partial charge is 0.480 e. The maximum atomic E-state index is 12.2. The molecule has 0 bridgehead atoms. The van der Waals surface area contributed by atoms with Crippen LogP contribution >= 0.6 is 0 Å². The average molecular weight is 455 g/mol. The van der Waals surface area contributed by atoms with Crippen molar-refractivity contribution in [2.75, 3.05) is 26.2 Å². The molecule has 0 aliphatic carbocycles. The Bertz CT molecular complexity index is 685. The first kappa shape index (κ1) is 25.4. The van der Waals surface area contributed by atoms with Crippen molar-refractivity contribution in [2.24, 2.45) is 5.16 Å². The second-order valence-corrected chi connectivity index (χ2v) is 7.60. The first-order chi connectivity index (χ1) is 15.5. The van der Waals surface area contributed by atoms with Crippen molar-refractivity contribution in [3.63, 3.8) is 0 Å². The molecular formula is C20H34N6O6. The highest BCUT2D eigenvalue weighted by Crippen LogP contribution is 2.17. The predicted octanol–water partition coefficient (Wildman–Crippen LogP) is -0.0230. The van der Waals surface area contributed by atoms with E-state index in [1.54, 1.807) is 0 Å². The number of aliphatic carboxylic acids is 1. The van der Waals surface area contributed by atoms with Gasteiger partial charge < -0.3 is 30.6 Å². The molecule has 0 aromatic rings. The maximum absolute atomic E-state index is 12.2. The molecule has 2 aliphatic rings. The summed E-state index contributed by atoms with van der Waals surface area (Å²) < 4.78 is 4.89. The zero-order valence-corrected chi connectivity index (χ0v) is 18.4. The van der Waals surface area contributed by atoms with E-state index < -0.39 is 18.1 Å². The number of hydrogen-bond donors (Lipinski definition) is 6. The number of carboxylic acid groups (broad SMARTS) is 1. The van der Waals surface area contributed by atoms with Gasteiger partial charge in [-0.05, 0) is 32.0 Å². The Hall–Kier alpha value is -2.86. The first-order valence-electron chi connectivity index (χ1n) is 11.0. The lowest BCUT2D eigenvalue weighted by Crippen LogP contribution is -2.53. The van der Waals surface area contributed by atoms with Gasteiger partial charge in [0.1, 0.15) is 18.4 Å². The summed E-state index contributed by atoms with van der Waals surface area (Å²) in [6.07, 6.45) is 6.88. The van der Waals surface area contributed by atoms with Gasteiger partial charge >= 0.3 is 12.1 Å². The number of rotatable bonds is 14. The van der Waals surface area contributed by atoms with E-state index in [0.29, 0.717) is 18.6 Å². The first-order valence-corrected chi connectivity index (χ1v) is 11.0. The van der Waals surface area contributed by atoms with E-state index in [1.165, 1.54) is 0 Å². The van der Waals surface area contributed by atoms with Crippen LogP contribution in [0.25, 0.3) is 0 Å². The summed E-state index contributed by atoms with van der Waals surface area (Å²) in [5.41, 5.74) is 0.611. The van der Waals surface area contributed by atoms with E-state index >= 15 is 0 Å².